The number of anilines is 2. The average molecular weight is 586 g/mol. The van der Waals surface area contributed by atoms with Crippen molar-refractivity contribution in [2.75, 3.05) is 43.6 Å². The van der Waals surface area contributed by atoms with Gasteiger partial charge in [0.2, 0.25) is 6.35 Å². The Hall–Kier alpha value is -3.80. The minimum atomic E-state index is -0.901. The number of benzodiazepines with no additional fused rings is 1. The van der Waals surface area contributed by atoms with E-state index in [1.807, 2.05) is 61.6 Å². The average Bonchev–Trinajstić information content (AvgIpc) is 3.61. The van der Waals surface area contributed by atoms with Crippen LogP contribution in [0, 0.1) is 0 Å². The Bertz CT molecular complexity index is 1500. The number of nitrogens with one attached hydrogen (secondary N) is 2. The van der Waals surface area contributed by atoms with Crippen LogP contribution in [0.3, 0.4) is 0 Å². The number of para-hydroxylation sites is 1. The zero-order chi connectivity index (χ0) is 28.5. The molecule has 1 amide bonds. The molecular formula is C31H35N7O3S. The molecule has 1 saturated heterocycles. The quantitative estimate of drug-likeness (QED) is 0.444. The van der Waals surface area contributed by atoms with Crippen molar-refractivity contribution < 1.29 is 14.3 Å². The molecule has 1 aliphatic carbocycles. The van der Waals surface area contributed by atoms with Gasteiger partial charge in [-0.25, -0.2) is 15.3 Å². The van der Waals surface area contributed by atoms with Gasteiger partial charge in [0, 0.05) is 37.2 Å². The number of amides is 1. The van der Waals surface area contributed by atoms with E-state index in [-0.39, 0.29) is 5.91 Å². The summed E-state index contributed by atoms with van der Waals surface area (Å²) in [4.78, 5) is 25.8. The lowest BCUT2D eigenvalue weighted by Gasteiger charge is -2.28. The Morgan fingerprint density at radius 1 is 1.00 bits per heavy atom. The van der Waals surface area contributed by atoms with Crippen molar-refractivity contribution in [3.63, 3.8) is 0 Å². The molecule has 218 valence electrons. The van der Waals surface area contributed by atoms with Gasteiger partial charge < -0.3 is 19.7 Å². The van der Waals surface area contributed by atoms with Crippen LogP contribution in [0.5, 0.6) is 0 Å². The number of hydrogen-bond acceptors (Lipinski definition) is 10. The topological polar surface area (TPSA) is 104 Å². The fraction of sp³-hybridized carbons (Fsp3) is 0.419. The molecule has 2 atom stereocenters. The van der Waals surface area contributed by atoms with E-state index in [0.29, 0.717) is 25.0 Å². The maximum absolute atomic E-state index is 13.4. The van der Waals surface area contributed by atoms with Gasteiger partial charge in [-0.05, 0) is 18.9 Å². The highest BCUT2D eigenvalue weighted by atomic mass is 32.1. The number of hydrogen-bond donors (Lipinski definition) is 2. The normalized spacial score (nSPS) is 23.0. The fourth-order valence-corrected chi connectivity index (χ4v) is 7.23. The van der Waals surface area contributed by atoms with Gasteiger partial charge in [-0.1, -0.05) is 67.8 Å². The van der Waals surface area contributed by atoms with Crippen molar-refractivity contribution in [1.82, 2.24) is 15.3 Å². The predicted octanol–water partition coefficient (Wildman–Crippen LogP) is 4.34. The Balaban J connectivity index is 1.16. The molecule has 2 unspecified atom stereocenters. The van der Waals surface area contributed by atoms with Crippen LogP contribution in [-0.4, -0.2) is 73.4 Å². The Labute approximate surface area is 249 Å². The van der Waals surface area contributed by atoms with Crippen molar-refractivity contribution in [3.05, 3.63) is 76.4 Å². The largest absolute Gasteiger partial charge is 0.435 e. The van der Waals surface area contributed by atoms with Crippen LogP contribution in [0.1, 0.15) is 59.9 Å². The summed E-state index contributed by atoms with van der Waals surface area (Å²) < 4.78 is 12.0. The Morgan fingerprint density at radius 2 is 1.76 bits per heavy atom. The number of nitrogens with zero attached hydrogens (tertiary/aromatic N) is 5. The number of morpholine rings is 1. The molecule has 0 bridgehead atoms. The molecule has 10 nitrogen and oxygen atoms in total. The molecule has 1 saturated carbocycles. The number of carbonyl (C=O) groups excluding carboxylic acids is 1. The van der Waals surface area contributed by atoms with Gasteiger partial charge in [-0.3, -0.25) is 9.79 Å². The molecule has 4 heterocycles. The molecule has 42 heavy (non-hydrogen) atoms. The molecule has 2 N–H and O–H groups in total. The SMILES string of the molecule is CN1N=C(c2nc(C3CCCCC3)sc2N2CCOCC2)OC1NC1N=C(c2ccccc2)c2ccccc2NC1=O. The van der Waals surface area contributed by atoms with Crippen LogP contribution in [-0.2, 0) is 14.3 Å². The number of fused-ring (bicyclic) bond motifs is 1. The first-order valence-electron chi connectivity index (χ1n) is 14.8. The molecule has 11 heteroatoms. The van der Waals surface area contributed by atoms with Crippen LogP contribution in [0.15, 0.2) is 64.7 Å². The summed E-state index contributed by atoms with van der Waals surface area (Å²) in [6, 6.07) is 17.6. The second-order valence-corrected chi connectivity index (χ2v) is 12.0. The number of aliphatic imine (C=N–C) groups is 1. The molecular weight excluding hydrogens is 550 g/mol. The second kappa shape index (κ2) is 11.8. The summed E-state index contributed by atoms with van der Waals surface area (Å²) >= 11 is 1.77. The summed E-state index contributed by atoms with van der Waals surface area (Å²) in [7, 11) is 1.83. The number of carbonyl (C=O) groups is 1. The smallest absolute Gasteiger partial charge is 0.264 e. The summed E-state index contributed by atoms with van der Waals surface area (Å²) in [6.45, 7) is 3.00. The minimum Gasteiger partial charge on any atom is -0.435 e. The molecule has 2 fully saturated rings. The van der Waals surface area contributed by atoms with Crippen LogP contribution in [0.4, 0.5) is 10.7 Å². The lowest BCUT2D eigenvalue weighted by atomic mass is 9.90. The molecule has 3 aromatic rings. The summed E-state index contributed by atoms with van der Waals surface area (Å²) in [6.07, 6.45) is 4.54. The van der Waals surface area contributed by atoms with Crippen molar-refractivity contribution >= 4 is 39.5 Å². The summed E-state index contributed by atoms with van der Waals surface area (Å²) in [5, 5.41) is 15.0. The highest BCUT2D eigenvalue weighted by molar-refractivity contribution is 7.16. The van der Waals surface area contributed by atoms with Crippen LogP contribution in [0.2, 0.25) is 0 Å². The van der Waals surface area contributed by atoms with Gasteiger partial charge >= 0.3 is 0 Å². The zero-order valence-electron chi connectivity index (χ0n) is 23.7. The van der Waals surface area contributed by atoms with E-state index in [1.54, 1.807) is 16.3 Å². The standard InChI is InChI=1S/C31H35N7O3S/c1-37-31(35-26-27(39)32-23-15-9-8-14-22(23)24(33-26)20-10-4-2-5-11-20)41-28(36-37)25-30(38-16-18-40-19-17-38)42-29(34-25)21-12-6-3-7-13-21/h2,4-5,8-11,14-15,21,26,31,35H,3,6-7,12-13,16-19H2,1H3,(H,32,39). The van der Waals surface area contributed by atoms with Crippen LogP contribution in [0.25, 0.3) is 0 Å². The molecule has 3 aliphatic heterocycles. The Kier molecular flexibility index (Phi) is 7.62. The van der Waals surface area contributed by atoms with E-state index in [4.69, 9.17) is 24.6 Å². The molecule has 0 radical (unpaired) electrons. The minimum absolute atomic E-state index is 0.263. The third kappa shape index (κ3) is 5.39. The van der Waals surface area contributed by atoms with E-state index >= 15 is 0 Å². The zero-order valence-corrected chi connectivity index (χ0v) is 24.5. The molecule has 2 aromatic carbocycles. The summed E-state index contributed by atoms with van der Waals surface area (Å²) in [5.41, 5.74) is 4.02. The van der Waals surface area contributed by atoms with Crippen LogP contribution < -0.4 is 15.5 Å². The van der Waals surface area contributed by atoms with Crippen molar-refractivity contribution in [2.45, 2.75) is 50.5 Å². The number of hydrazone groups is 1. The number of benzene rings is 2. The molecule has 1 aromatic heterocycles. The van der Waals surface area contributed by atoms with Gasteiger partial charge in [-0.15, -0.1) is 16.4 Å². The number of aromatic nitrogens is 1. The Morgan fingerprint density at radius 3 is 2.57 bits per heavy atom. The number of thiazole rings is 1. The van der Waals surface area contributed by atoms with E-state index in [2.05, 4.69) is 15.5 Å². The fourth-order valence-electron chi connectivity index (χ4n) is 5.95. The van der Waals surface area contributed by atoms with Crippen LogP contribution >= 0.6 is 11.3 Å². The van der Waals surface area contributed by atoms with Gasteiger partial charge in [0.05, 0.1) is 29.6 Å². The monoisotopic (exact) mass is 585 g/mol. The first-order chi connectivity index (χ1) is 20.6. The molecule has 0 spiro atoms. The van der Waals surface area contributed by atoms with E-state index in [0.717, 1.165) is 51.3 Å². The van der Waals surface area contributed by atoms with Crippen molar-refractivity contribution in [2.24, 2.45) is 10.1 Å². The highest BCUT2D eigenvalue weighted by Crippen LogP contribution is 2.40. The third-order valence-electron chi connectivity index (χ3n) is 8.19. The van der Waals surface area contributed by atoms with Gasteiger partial charge in [0.1, 0.15) is 5.00 Å². The number of rotatable bonds is 6. The van der Waals surface area contributed by atoms with E-state index in [1.165, 1.54) is 32.1 Å². The number of ether oxygens (including phenoxy) is 2. The maximum atomic E-state index is 13.4. The first-order valence-corrected chi connectivity index (χ1v) is 15.6. The van der Waals surface area contributed by atoms with E-state index < -0.39 is 12.5 Å². The third-order valence-corrected chi connectivity index (χ3v) is 9.47. The predicted molar refractivity (Wildman–Crippen MR) is 164 cm³/mol. The summed E-state index contributed by atoms with van der Waals surface area (Å²) in [5.74, 6) is 0.675. The van der Waals surface area contributed by atoms with E-state index in [9.17, 15) is 4.79 Å². The lowest BCUT2D eigenvalue weighted by Crippen LogP contribution is -2.49. The molecule has 7 rings (SSSR count). The van der Waals surface area contributed by atoms with Gasteiger partial charge in [-0.2, -0.15) is 0 Å². The van der Waals surface area contributed by atoms with Gasteiger partial charge in [0.25, 0.3) is 11.8 Å². The lowest BCUT2D eigenvalue weighted by molar-refractivity contribution is -0.119. The van der Waals surface area contributed by atoms with Crippen molar-refractivity contribution in [3.8, 4) is 0 Å². The second-order valence-electron chi connectivity index (χ2n) is 11.0. The maximum Gasteiger partial charge on any atom is 0.264 e. The molecule has 4 aliphatic rings. The highest BCUT2D eigenvalue weighted by Gasteiger charge is 2.36. The van der Waals surface area contributed by atoms with Gasteiger partial charge in [0.15, 0.2) is 11.9 Å². The first kappa shape index (κ1) is 27.1. The van der Waals surface area contributed by atoms with Crippen molar-refractivity contribution in [1.29, 1.82) is 0 Å².